The molecule has 29 heavy (non-hydrogen) atoms. The molecule has 3 aromatic rings. The molecule has 0 bridgehead atoms. The second kappa shape index (κ2) is 9.80. The van der Waals surface area contributed by atoms with E-state index in [1.807, 2.05) is 43.3 Å². The van der Waals surface area contributed by atoms with Crippen molar-refractivity contribution in [3.63, 3.8) is 0 Å². The predicted octanol–water partition coefficient (Wildman–Crippen LogP) is 4.67. The number of esters is 1. The van der Waals surface area contributed by atoms with Crippen molar-refractivity contribution in [1.29, 1.82) is 0 Å². The average Bonchev–Trinajstić information content (AvgIpc) is 2.70. The Morgan fingerprint density at radius 2 is 1.83 bits per heavy atom. The molecule has 0 atom stereocenters. The lowest BCUT2D eigenvalue weighted by molar-refractivity contribution is -0.120. The average molecular weight is 451 g/mol. The third-order valence-electron chi connectivity index (χ3n) is 4.03. The minimum Gasteiger partial charge on any atom is -0.422 e. The molecule has 5 nitrogen and oxygen atoms in total. The molecule has 0 aliphatic rings. The maximum absolute atomic E-state index is 12.4. The number of aryl methyl sites for hydroxylation is 1. The third-order valence-corrected chi connectivity index (χ3v) is 4.52. The highest BCUT2D eigenvalue weighted by Crippen LogP contribution is 2.23. The van der Waals surface area contributed by atoms with Crippen LogP contribution in [0.1, 0.15) is 27.0 Å². The first-order valence-electron chi connectivity index (χ1n) is 8.95. The van der Waals surface area contributed by atoms with Gasteiger partial charge in [0.1, 0.15) is 5.75 Å². The van der Waals surface area contributed by atoms with E-state index in [9.17, 15) is 9.59 Å². The summed E-state index contributed by atoms with van der Waals surface area (Å²) in [6, 6.07) is 21.8. The van der Waals surface area contributed by atoms with Gasteiger partial charge in [0.2, 0.25) is 5.91 Å². The first kappa shape index (κ1) is 20.5. The monoisotopic (exact) mass is 450 g/mol. The second-order valence-corrected chi connectivity index (χ2v) is 7.31. The zero-order valence-corrected chi connectivity index (χ0v) is 17.3. The van der Waals surface area contributed by atoms with Crippen LogP contribution in [0.3, 0.4) is 0 Å². The van der Waals surface area contributed by atoms with Crippen LogP contribution in [-0.2, 0) is 11.2 Å². The Morgan fingerprint density at radius 1 is 1.03 bits per heavy atom. The first-order valence-corrected chi connectivity index (χ1v) is 9.75. The Hall–Kier alpha value is -3.25. The molecule has 0 spiro atoms. The topological polar surface area (TPSA) is 67.8 Å². The van der Waals surface area contributed by atoms with Crippen molar-refractivity contribution in [1.82, 2.24) is 5.43 Å². The van der Waals surface area contributed by atoms with E-state index in [1.54, 1.807) is 36.4 Å². The van der Waals surface area contributed by atoms with Crippen molar-refractivity contribution in [2.75, 3.05) is 0 Å². The summed E-state index contributed by atoms with van der Waals surface area (Å²) in [6.45, 7) is 1.91. The molecule has 1 amide bonds. The number of carbonyl (C=O) groups excluding carboxylic acids is 2. The minimum absolute atomic E-state index is 0.228. The van der Waals surface area contributed by atoms with Crippen molar-refractivity contribution in [3.05, 3.63) is 99.5 Å². The number of halogens is 1. The largest absolute Gasteiger partial charge is 0.422 e. The smallest absolute Gasteiger partial charge is 0.343 e. The summed E-state index contributed by atoms with van der Waals surface area (Å²) in [6.07, 6.45) is 1.68. The lowest BCUT2D eigenvalue weighted by Gasteiger charge is -2.08. The van der Waals surface area contributed by atoms with Gasteiger partial charge in [0.25, 0.3) is 0 Å². The van der Waals surface area contributed by atoms with Gasteiger partial charge < -0.3 is 4.74 Å². The van der Waals surface area contributed by atoms with Gasteiger partial charge in [-0.3, -0.25) is 4.79 Å². The molecular weight excluding hydrogens is 432 g/mol. The summed E-state index contributed by atoms with van der Waals surface area (Å²) in [5.41, 5.74) is 5.38. The van der Waals surface area contributed by atoms with Crippen LogP contribution in [0.2, 0.25) is 0 Å². The maximum atomic E-state index is 12.4. The van der Waals surface area contributed by atoms with Crippen molar-refractivity contribution < 1.29 is 14.3 Å². The van der Waals surface area contributed by atoms with Crippen molar-refractivity contribution in [2.24, 2.45) is 5.10 Å². The molecule has 1 N–H and O–H groups in total. The normalized spacial score (nSPS) is 10.7. The fourth-order valence-corrected chi connectivity index (χ4v) is 3.02. The van der Waals surface area contributed by atoms with E-state index in [4.69, 9.17) is 4.74 Å². The number of nitrogens with one attached hydrogen (secondary N) is 1. The van der Waals surface area contributed by atoms with Gasteiger partial charge in [-0.05, 0) is 42.8 Å². The fraction of sp³-hybridized carbons (Fsp3) is 0.0870. The lowest BCUT2D eigenvalue weighted by Crippen LogP contribution is -2.19. The summed E-state index contributed by atoms with van der Waals surface area (Å²) in [7, 11) is 0. The molecule has 0 heterocycles. The highest BCUT2D eigenvalue weighted by atomic mass is 79.9. The van der Waals surface area contributed by atoms with E-state index in [1.165, 1.54) is 6.21 Å². The van der Waals surface area contributed by atoms with Gasteiger partial charge in [-0.1, -0.05) is 64.0 Å². The molecule has 146 valence electrons. The molecule has 0 aliphatic carbocycles. The number of rotatable bonds is 6. The Balaban J connectivity index is 1.69. The Morgan fingerprint density at radius 3 is 2.59 bits per heavy atom. The number of amides is 1. The van der Waals surface area contributed by atoms with Crippen molar-refractivity contribution >= 4 is 34.0 Å². The molecule has 6 heteroatoms. The number of hydrogen-bond acceptors (Lipinski definition) is 4. The zero-order chi connectivity index (χ0) is 20.6. The third kappa shape index (κ3) is 6.12. The molecule has 0 aromatic heterocycles. The van der Waals surface area contributed by atoms with Crippen LogP contribution in [0.4, 0.5) is 0 Å². The summed E-state index contributed by atoms with van der Waals surface area (Å²) in [5, 5.41) is 4.00. The minimum atomic E-state index is -0.459. The first-order chi connectivity index (χ1) is 14.0. The molecule has 0 aliphatic heterocycles. The number of ether oxygens (including phenoxy) is 1. The van der Waals surface area contributed by atoms with Crippen molar-refractivity contribution in [2.45, 2.75) is 13.3 Å². The standard InChI is InChI=1S/C23H19BrN2O3/c1-16-6-5-9-18(12-16)23(28)29-21-11-10-20(24)14-19(21)15-25-26-22(27)13-17-7-3-2-4-8-17/h2-12,14-15H,13H2,1H3,(H,26,27)/b25-15-. The van der Waals surface area contributed by atoms with Crippen LogP contribution < -0.4 is 10.2 Å². The van der Waals surface area contributed by atoms with E-state index in [-0.39, 0.29) is 12.3 Å². The van der Waals surface area contributed by atoms with Crippen LogP contribution in [0.25, 0.3) is 0 Å². The van der Waals surface area contributed by atoms with Crippen molar-refractivity contribution in [3.8, 4) is 5.75 Å². The molecule has 3 rings (SSSR count). The van der Waals surface area contributed by atoms with E-state index >= 15 is 0 Å². The lowest BCUT2D eigenvalue weighted by atomic mass is 10.1. The summed E-state index contributed by atoms with van der Waals surface area (Å²) < 4.78 is 6.33. The van der Waals surface area contributed by atoms with Crippen LogP contribution >= 0.6 is 15.9 Å². The summed E-state index contributed by atoms with van der Waals surface area (Å²) in [5.74, 6) is -0.347. The Labute approximate surface area is 177 Å². The molecule has 0 saturated carbocycles. The number of nitrogens with zero attached hydrogens (tertiary/aromatic N) is 1. The van der Waals surface area contributed by atoms with Gasteiger partial charge in [-0.15, -0.1) is 0 Å². The van der Waals surface area contributed by atoms with Crippen LogP contribution in [0.5, 0.6) is 5.75 Å². The van der Waals surface area contributed by atoms with E-state index < -0.39 is 5.97 Å². The SMILES string of the molecule is Cc1cccc(C(=O)Oc2ccc(Br)cc2/C=N\NC(=O)Cc2ccccc2)c1. The number of hydrazone groups is 1. The molecule has 3 aromatic carbocycles. The molecule has 0 saturated heterocycles. The summed E-state index contributed by atoms with van der Waals surface area (Å²) in [4.78, 5) is 24.5. The molecule has 0 fully saturated rings. The van der Waals surface area contributed by atoms with Gasteiger partial charge in [-0.2, -0.15) is 5.10 Å². The van der Waals surface area contributed by atoms with Crippen LogP contribution in [-0.4, -0.2) is 18.1 Å². The molecule has 0 radical (unpaired) electrons. The zero-order valence-electron chi connectivity index (χ0n) is 15.8. The predicted molar refractivity (Wildman–Crippen MR) is 116 cm³/mol. The van der Waals surface area contributed by atoms with E-state index in [2.05, 4.69) is 26.5 Å². The summed E-state index contributed by atoms with van der Waals surface area (Å²) >= 11 is 3.39. The van der Waals surface area contributed by atoms with Crippen LogP contribution in [0.15, 0.2) is 82.4 Å². The molecule has 0 unspecified atom stereocenters. The Bertz CT molecular complexity index is 1050. The van der Waals surface area contributed by atoms with Gasteiger partial charge in [0.05, 0.1) is 18.2 Å². The highest BCUT2D eigenvalue weighted by molar-refractivity contribution is 9.10. The second-order valence-electron chi connectivity index (χ2n) is 6.40. The number of hydrogen-bond donors (Lipinski definition) is 1. The van der Waals surface area contributed by atoms with E-state index in [0.717, 1.165) is 15.6 Å². The van der Waals surface area contributed by atoms with Gasteiger partial charge in [0.15, 0.2) is 0 Å². The Kier molecular flexibility index (Phi) is 6.92. The molecular formula is C23H19BrN2O3. The van der Waals surface area contributed by atoms with Gasteiger partial charge in [0, 0.05) is 10.0 Å². The number of carbonyl (C=O) groups is 2. The quantitative estimate of drug-likeness (QED) is 0.256. The maximum Gasteiger partial charge on any atom is 0.343 e. The van der Waals surface area contributed by atoms with E-state index in [0.29, 0.717) is 16.9 Å². The fourth-order valence-electron chi connectivity index (χ4n) is 2.64. The van der Waals surface area contributed by atoms with Gasteiger partial charge in [-0.25, -0.2) is 10.2 Å². The number of benzene rings is 3. The van der Waals surface area contributed by atoms with Gasteiger partial charge >= 0.3 is 5.97 Å². The highest BCUT2D eigenvalue weighted by Gasteiger charge is 2.12. The van der Waals surface area contributed by atoms with Crippen LogP contribution in [0, 0.1) is 6.92 Å².